The van der Waals surface area contributed by atoms with Crippen LogP contribution in [0.4, 0.5) is 10.5 Å². The Morgan fingerprint density at radius 3 is 2.74 bits per heavy atom. The number of carbonyl (C=O) groups is 2. The molecule has 1 rings (SSSR count). The number of hydrogen-bond donors (Lipinski definition) is 3. The van der Waals surface area contributed by atoms with E-state index in [1.54, 1.807) is 11.8 Å². The van der Waals surface area contributed by atoms with Crippen LogP contribution in [0.25, 0.3) is 0 Å². The lowest BCUT2D eigenvalue weighted by Crippen LogP contribution is -2.33. The summed E-state index contributed by atoms with van der Waals surface area (Å²) in [4.78, 5) is 22.7. The number of aromatic carboxylic acids is 1. The number of halogens is 1. The molecule has 0 heterocycles. The lowest BCUT2D eigenvalue weighted by molar-refractivity contribution is 0.0698. The normalized spacial score (nSPS) is 11.7. The van der Waals surface area contributed by atoms with Crippen LogP contribution in [0.15, 0.2) is 18.2 Å². The maximum atomic E-state index is 11.6. The number of amides is 2. The Bertz CT molecular complexity index is 482. The molecule has 104 valence electrons. The summed E-state index contributed by atoms with van der Waals surface area (Å²) in [5, 5.41) is 14.8. The summed E-state index contributed by atoms with van der Waals surface area (Å²) >= 11 is 7.35. The van der Waals surface area contributed by atoms with E-state index in [9.17, 15) is 9.59 Å². The maximum absolute atomic E-state index is 11.6. The first-order valence-electron chi connectivity index (χ1n) is 5.54. The highest BCUT2D eigenvalue weighted by molar-refractivity contribution is 7.99. The van der Waals surface area contributed by atoms with E-state index in [2.05, 4.69) is 10.6 Å². The fourth-order valence-electron chi connectivity index (χ4n) is 1.29. The lowest BCUT2D eigenvalue weighted by Gasteiger charge is -2.12. The number of urea groups is 1. The number of thioether (sulfide) groups is 1. The molecule has 0 aliphatic carbocycles. The molecule has 0 bridgehead atoms. The molecule has 5 nitrogen and oxygen atoms in total. The Morgan fingerprint density at radius 1 is 1.47 bits per heavy atom. The number of carboxylic acid groups (broad SMARTS) is 1. The third kappa shape index (κ3) is 5.00. The van der Waals surface area contributed by atoms with Crippen molar-refractivity contribution in [3.05, 3.63) is 28.8 Å². The number of anilines is 1. The first kappa shape index (κ1) is 15.7. The minimum absolute atomic E-state index is 0.0411. The van der Waals surface area contributed by atoms with E-state index in [0.717, 1.165) is 0 Å². The van der Waals surface area contributed by atoms with Gasteiger partial charge < -0.3 is 15.7 Å². The second-order valence-corrected chi connectivity index (χ2v) is 5.59. The topological polar surface area (TPSA) is 78.4 Å². The van der Waals surface area contributed by atoms with Gasteiger partial charge in [-0.05, 0) is 24.5 Å². The van der Waals surface area contributed by atoms with Crippen molar-refractivity contribution in [1.82, 2.24) is 5.32 Å². The second-order valence-electron chi connectivity index (χ2n) is 3.88. The number of carboxylic acids is 1. The number of benzene rings is 1. The van der Waals surface area contributed by atoms with E-state index < -0.39 is 12.0 Å². The van der Waals surface area contributed by atoms with Crippen LogP contribution < -0.4 is 10.6 Å². The minimum Gasteiger partial charge on any atom is -0.478 e. The average Bonchev–Trinajstić information content (AvgIpc) is 2.37. The van der Waals surface area contributed by atoms with Gasteiger partial charge in [0.2, 0.25) is 0 Å². The Labute approximate surface area is 120 Å². The minimum atomic E-state index is -1.14. The molecule has 1 unspecified atom stereocenters. The van der Waals surface area contributed by atoms with Crippen LogP contribution in [0.5, 0.6) is 0 Å². The van der Waals surface area contributed by atoms with Crippen molar-refractivity contribution in [2.24, 2.45) is 0 Å². The van der Waals surface area contributed by atoms with Gasteiger partial charge in [0.1, 0.15) is 0 Å². The molecule has 0 saturated heterocycles. The van der Waals surface area contributed by atoms with Gasteiger partial charge in [0.05, 0.1) is 11.3 Å². The highest BCUT2D eigenvalue weighted by Crippen LogP contribution is 2.20. The van der Waals surface area contributed by atoms with Crippen molar-refractivity contribution in [2.45, 2.75) is 12.2 Å². The zero-order valence-corrected chi connectivity index (χ0v) is 12.1. The van der Waals surface area contributed by atoms with Crippen molar-refractivity contribution in [1.29, 1.82) is 0 Å². The molecule has 0 radical (unpaired) electrons. The Hall–Kier alpha value is -1.40. The van der Waals surface area contributed by atoms with Gasteiger partial charge in [-0.15, -0.1) is 0 Å². The summed E-state index contributed by atoms with van der Waals surface area (Å²) in [5.74, 6) is -1.14. The predicted molar refractivity (Wildman–Crippen MR) is 78.4 cm³/mol. The Balaban J connectivity index is 2.71. The standard InChI is InChI=1S/C12H15ClN2O3S/c1-7(19-2)6-14-12(18)15-10-4-3-8(13)5-9(10)11(16)17/h3-5,7H,6H2,1-2H3,(H,16,17)(H2,14,15,18). The molecule has 1 aromatic rings. The smallest absolute Gasteiger partial charge is 0.337 e. The van der Waals surface area contributed by atoms with Crippen molar-refractivity contribution < 1.29 is 14.7 Å². The monoisotopic (exact) mass is 302 g/mol. The average molecular weight is 303 g/mol. The van der Waals surface area contributed by atoms with Gasteiger partial charge in [-0.2, -0.15) is 11.8 Å². The molecule has 1 aromatic carbocycles. The quantitative estimate of drug-likeness (QED) is 0.781. The molecular formula is C12H15ClN2O3S. The molecule has 19 heavy (non-hydrogen) atoms. The first-order chi connectivity index (χ1) is 8.93. The second kappa shape index (κ2) is 7.25. The first-order valence-corrected chi connectivity index (χ1v) is 7.21. The van der Waals surface area contributed by atoms with Gasteiger partial charge in [-0.1, -0.05) is 18.5 Å². The largest absolute Gasteiger partial charge is 0.478 e. The number of rotatable bonds is 5. The van der Waals surface area contributed by atoms with E-state index in [-0.39, 0.29) is 16.5 Å². The third-order valence-corrected chi connectivity index (χ3v) is 3.62. The van der Waals surface area contributed by atoms with Crippen LogP contribution in [0.3, 0.4) is 0 Å². The third-order valence-electron chi connectivity index (χ3n) is 2.41. The van der Waals surface area contributed by atoms with Gasteiger partial charge >= 0.3 is 12.0 Å². The van der Waals surface area contributed by atoms with Gasteiger partial charge in [-0.25, -0.2) is 9.59 Å². The summed E-state index contributed by atoms with van der Waals surface area (Å²) in [6.45, 7) is 2.49. The van der Waals surface area contributed by atoms with Crippen molar-refractivity contribution in [3.8, 4) is 0 Å². The van der Waals surface area contributed by atoms with Crippen LogP contribution in [0.2, 0.25) is 5.02 Å². The van der Waals surface area contributed by atoms with Gasteiger partial charge in [0.25, 0.3) is 0 Å². The number of hydrogen-bond acceptors (Lipinski definition) is 3. The molecule has 0 aromatic heterocycles. The van der Waals surface area contributed by atoms with Crippen LogP contribution >= 0.6 is 23.4 Å². The Morgan fingerprint density at radius 2 is 2.16 bits per heavy atom. The Kier molecular flexibility index (Phi) is 5.98. The van der Waals surface area contributed by atoms with Gasteiger partial charge in [-0.3, -0.25) is 0 Å². The molecule has 0 fully saturated rings. The fraction of sp³-hybridized carbons (Fsp3) is 0.333. The number of carbonyl (C=O) groups excluding carboxylic acids is 1. The molecule has 2 amide bonds. The maximum Gasteiger partial charge on any atom is 0.337 e. The molecule has 3 N–H and O–H groups in total. The van der Waals surface area contributed by atoms with Crippen LogP contribution in [0.1, 0.15) is 17.3 Å². The highest BCUT2D eigenvalue weighted by atomic mass is 35.5. The SMILES string of the molecule is CSC(C)CNC(=O)Nc1ccc(Cl)cc1C(=O)O. The molecule has 1 atom stereocenters. The molecular weight excluding hydrogens is 288 g/mol. The van der Waals surface area contributed by atoms with Crippen molar-refractivity contribution >= 4 is 41.1 Å². The molecule has 0 spiro atoms. The van der Waals surface area contributed by atoms with E-state index >= 15 is 0 Å². The van der Waals surface area contributed by atoms with Gasteiger partial charge in [0, 0.05) is 16.8 Å². The van der Waals surface area contributed by atoms with E-state index in [0.29, 0.717) is 11.6 Å². The zero-order valence-electron chi connectivity index (χ0n) is 10.6. The summed E-state index contributed by atoms with van der Waals surface area (Å²) in [6, 6.07) is 3.84. The fourth-order valence-corrected chi connectivity index (χ4v) is 1.71. The summed E-state index contributed by atoms with van der Waals surface area (Å²) in [7, 11) is 0. The number of nitrogens with one attached hydrogen (secondary N) is 2. The molecule has 7 heteroatoms. The lowest BCUT2D eigenvalue weighted by atomic mass is 10.2. The zero-order chi connectivity index (χ0) is 14.4. The van der Waals surface area contributed by atoms with Crippen LogP contribution in [-0.2, 0) is 0 Å². The van der Waals surface area contributed by atoms with Crippen LogP contribution in [-0.4, -0.2) is 35.2 Å². The predicted octanol–water partition coefficient (Wildman–Crippen LogP) is 2.91. The van der Waals surface area contributed by atoms with Gasteiger partial charge in [0.15, 0.2) is 0 Å². The van der Waals surface area contributed by atoms with Crippen LogP contribution in [0, 0.1) is 0 Å². The summed E-state index contributed by atoms with van der Waals surface area (Å²) in [6.07, 6.45) is 1.95. The van der Waals surface area contributed by atoms with E-state index in [4.69, 9.17) is 16.7 Å². The van der Waals surface area contributed by atoms with Crippen molar-refractivity contribution in [3.63, 3.8) is 0 Å². The van der Waals surface area contributed by atoms with E-state index in [1.807, 2.05) is 13.2 Å². The van der Waals surface area contributed by atoms with E-state index in [1.165, 1.54) is 18.2 Å². The molecule has 0 aliphatic rings. The van der Waals surface area contributed by atoms with Crippen molar-refractivity contribution in [2.75, 3.05) is 18.1 Å². The molecule has 0 aliphatic heterocycles. The highest BCUT2D eigenvalue weighted by Gasteiger charge is 2.13. The summed E-state index contributed by atoms with van der Waals surface area (Å²) < 4.78 is 0. The molecule has 0 saturated carbocycles. The summed E-state index contributed by atoms with van der Waals surface area (Å²) in [5.41, 5.74) is 0.173.